The smallest absolute Gasteiger partial charge is 0.330 e. The molecule has 3 aromatic rings. The van der Waals surface area contributed by atoms with Gasteiger partial charge in [-0.3, -0.25) is 9.59 Å². The van der Waals surface area contributed by atoms with Gasteiger partial charge < -0.3 is 15.4 Å². The maximum Gasteiger partial charge on any atom is 0.330 e. The van der Waals surface area contributed by atoms with Crippen molar-refractivity contribution in [3.63, 3.8) is 0 Å². The first-order valence-electron chi connectivity index (χ1n) is 8.39. The third kappa shape index (κ3) is 4.49. The molecule has 0 aliphatic rings. The Morgan fingerprint density at radius 1 is 0.926 bits per heavy atom. The summed E-state index contributed by atoms with van der Waals surface area (Å²) in [5.41, 5.74) is 1.43. The second kappa shape index (κ2) is 8.14. The molecule has 27 heavy (non-hydrogen) atoms. The predicted octanol–water partition coefficient (Wildman–Crippen LogP) is 2.52. The van der Waals surface area contributed by atoms with Gasteiger partial charge in [-0.1, -0.05) is 60.7 Å². The number of carbonyl (C=O) groups excluding carboxylic acids is 1. The fraction of sp³-hybridized carbons (Fsp3) is 0.0952. The zero-order valence-electron chi connectivity index (χ0n) is 14.4. The summed E-state index contributed by atoms with van der Waals surface area (Å²) in [6.07, 6.45) is 0.528. The van der Waals surface area contributed by atoms with Gasteiger partial charge in [-0.2, -0.15) is 0 Å². The minimum Gasteiger partial charge on any atom is -0.479 e. The van der Waals surface area contributed by atoms with E-state index >= 15 is 0 Å². The van der Waals surface area contributed by atoms with Gasteiger partial charge in [-0.25, -0.2) is 4.79 Å². The molecule has 0 saturated carbocycles. The molecule has 6 nitrogen and oxygen atoms in total. The minimum absolute atomic E-state index is 0.131. The van der Waals surface area contributed by atoms with Crippen LogP contribution in [-0.2, 0) is 11.2 Å². The lowest BCUT2D eigenvalue weighted by Gasteiger charge is -2.14. The van der Waals surface area contributed by atoms with Crippen molar-refractivity contribution in [3.05, 3.63) is 106 Å². The van der Waals surface area contributed by atoms with Gasteiger partial charge in [0.25, 0.3) is 11.5 Å². The average molecular weight is 362 g/mol. The zero-order chi connectivity index (χ0) is 19.2. The third-order valence-electron chi connectivity index (χ3n) is 4.11. The van der Waals surface area contributed by atoms with Gasteiger partial charge in [0.2, 0.25) is 0 Å². The van der Waals surface area contributed by atoms with Gasteiger partial charge in [-0.15, -0.1) is 0 Å². The SMILES string of the molecule is O=C(N[C@@H](C(=O)O)c1ccccc1)c1ccc(Cc2ccccc2)[nH]c1=O. The molecule has 2 aromatic carbocycles. The highest BCUT2D eigenvalue weighted by molar-refractivity contribution is 5.96. The number of benzene rings is 2. The molecule has 1 heterocycles. The molecule has 0 spiro atoms. The van der Waals surface area contributed by atoms with Gasteiger partial charge in [0.15, 0.2) is 6.04 Å². The van der Waals surface area contributed by atoms with Crippen LogP contribution in [0.5, 0.6) is 0 Å². The van der Waals surface area contributed by atoms with E-state index in [2.05, 4.69) is 10.3 Å². The molecule has 1 atom stereocenters. The molecule has 6 heteroatoms. The van der Waals surface area contributed by atoms with E-state index in [4.69, 9.17) is 0 Å². The number of carboxylic acids is 1. The first kappa shape index (κ1) is 18.1. The molecular weight excluding hydrogens is 344 g/mol. The largest absolute Gasteiger partial charge is 0.479 e. The second-order valence-electron chi connectivity index (χ2n) is 6.04. The van der Waals surface area contributed by atoms with Crippen LogP contribution in [0.15, 0.2) is 77.6 Å². The number of amides is 1. The van der Waals surface area contributed by atoms with Crippen molar-refractivity contribution in [1.82, 2.24) is 10.3 Å². The highest BCUT2D eigenvalue weighted by atomic mass is 16.4. The van der Waals surface area contributed by atoms with E-state index < -0.39 is 23.5 Å². The molecule has 136 valence electrons. The van der Waals surface area contributed by atoms with Crippen molar-refractivity contribution in [2.45, 2.75) is 12.5 Å². The fourth-order valence-corrected chi connectivity index (χ4v) is 2.75. The van der Waals surface area contributed by atoms with Crippen molar-refractivity contribution in [3.8, 4) is 0 Å². The highest BCUT2D eigenvalue weighted by Gasteiger charge is 2.23. The molecule has 3 N–H and O–H groups in total. The van der Waals surface area contributed by atoms with E-state index in [0.717, 1.165) is 5.56 Å². The number of hydrogen-bond donors (Lipinski definition) is 3. The van der Waals surface area contributed by atoms with Crippen LogP contribution >= 0.6 is 0 Å². The predicted molar refractivity (Wildman–Crippen MR) is 101 cm³/mol. The van der Waals surface area contributed by atoms with Crippen LogP contribution in [0.2, 0.25) is 0 Å². The topological polar surface area (TPSA) is 99.3 Å². The van der Waals surface area contributed by atoms with Crippen LogP contribution in [0.25, 0.3) is 0 Å². The standard InChI is InChI=1S/C21H18N2O4/c24-19-17(12-11-16(22-19)13-14-7-3-1-4-8-14)20(25)23-18(21(26)27)15-9-5-2-6-10-15/h1-12,18H,13H2,(H,22,24)(H,23,25)(H,26,27)/t18-/m1/s1. The van der Waals surface area contributed by atoms with E-state index in [9.17, 15) is 19.5 Å². The summed E-state index contributed by atoms with van der Waals surface area (Å²) in [5.74, 6) is -1.94. The molecule has 0 radical (unpaired) electrons. The summed E-state index contributed by atoms with van der Waals surface area (Å²) in [6, 6.07) is 19.8. The quantitative estimate of drug-likeness (QED) is 0.627. The lowest BCUT2D eigenvalue weighted by Crippen LogP contribution is -2.36. The summed E-state index contributed by atoms with van der Waals surface area (Å²) in [4.78, 5) is 38.9. The van der Waals surface area contributed by atoms with E-state index in [1.165, 1.54) is 6.07 Å². The first-order chi connectivity index (χ1) is 13.0. The third-order valence-corrected chi connectivity index (χ3v) is 4.11. The van der Waals surface area contributed by atoms with Gasteiger partial charge in [0.05, 0.1) is 0 Å². The Labute approximate surface area is 155 Å². The van der Waals surface area contributed by atoms with Crippen molar-refractivity contribution in [1.29, 1.82) is 0 Å². The Morgan fingerprint density at radius 2 is 1.56 bits per heavy atom. The van der Waals surface area contributed by atoms with Crippen molar-refractivity contribution < 1.29 is 14.7 Å². The molecular formula is C21H18N2O4. The molecule has 0 saturated heterocycles. The number of aromatic amines is 1. The Morgan fingerprint density at radius 3 is 2.15 bits per heavy atom. The number of hydrogen-bond acceptors (Lipinski definition) is 3. The summed E-state index contributed by atoms with van der Waals surface area (Å²) in [5, 5.41) is 11.8. The molecule has 0 aliphatic carbocycles. The molecule has 0 aliphatic heterocycles. The van der Waals surface area contributed by atoms with Gasteiger partial charge in [0, 0.05) is 12.1 Å². The maximum atomic E-state index is 12.4. The number of carboxylic acid groups (broad SMARTS) is 1. The number of carbonyl (C=O) groups is 2. The molecule has 0 bridgehead atoms. The number of H-pyrrole nitrogens is 1. The van der Waals surface area contributed by atoms with Crippen LogP contribution in [0.4, 0.5) is 0 Å². The van der Waals surface area contributed by atoms with E-state index in [0.29, 0.717) is 17.7 Å². The van der Waals surface area contributed by atoms with E-state index in [1.807, 2.05) is 30.3 Å². The number of nitrogens with one attached hydrogen (secondary N) is 2. The monoisotopic (exact) mass is 362 g/mol. The Hall–Kier alpha value is -3.67. The van der Waals surface area contributed by atoms with Crippen LogP contribution in [0.3, 0.4) is 0 Å². The fourth-order valence-electron chi connectivity index (χ4n) is 2.75. The van der Waals surface area contributed by atoms with E-state index in [1.54, 1.807) is 36.4 Å². The molecule has 1 aromatic heterocycles. The summed E-state index contributed by atoms with van der Waals surface area (Å²) >= 11 is 0. The number of rotatable bonds is 6. The van der Waals surface area contributed by atoms with Crippen LogP contribution < -0.4 is 10.9 Å². The highest BCUT2D eigenvalue weighted by Crippen LogP contribution is 2.13. The van der Waals surface area contributed by atoms with Crippen molar-refractivity contribution >= 4 is 11.9 Å². The lowest BCUT2D eigenvalue weighted by molar-refractivity contribution is -0.139. The second-order valence-corrected chi connectivity index (χ2v) is 6.04. The van der Waals surface area contributed by atoms with Gasteiger partial charge in [0.1, 0.15) is 5.56 Å². The van der Waals surface area contributed by atoms with E-state index in [-0.39, 0.29) is 5.56 Å². The molecule has 0 fully saturated rings. The minimum atomic E-state index is -1.23. The summed E-state index contributed by atoms with van der Waals surface area (Å²) < 4.78 is 0. The number of aromatic nitrogens is 1. The van der Waals surface area contributed by atoms with Crippen molar-refractivity contribution in [2.24, 2.45) is 0 Å². The summed E-state index contributed by atoms with van der Waals surface area (Å²) in [6.45, 7) is 0. The van der Waals surface area contributed by atoms with Crippen LogP contribution in [-0.4, -0.2) is 22.0 Å². The number of aliphatic carboxylic acids is 1. The molecule has 1 amide bonds. The Bertz CT molecular complexity index is 997. The first-order valence-corrected chi connectivity index (χ1v) is 8.39. The Balaban J connectivity index is 1.78. The molecule has 3 rings (SSSR count). The number of pyridine rings is 1. The summed E-state index contributed by atoms with van der Waals surface area (Å²) in [7, 11) is 0. The van der Waals surface area contributed by atoms with Crippen molar-refractivity contribution in [2.75, 3.05) is 0 Å². The Kier molecular flexibility index (Phi) is 5.47. The van der Waals surface area contributed by atoms with Crippen LogP contribution in [0.1, 0.15) is 33.2 Å². The maximum absolute atomic E-state index is 12.4. The normalized spacial score (nSPS) is 11.6. The zero-order valence-corrected chi connectivity index (χ0v) is 14.4. The lowest BCUT2D eigenvalue weighted by atomic mass is 10.1. The average Bonchev–Trinajstić information content (AvgIpc) is 2.67. The van der Waals surface area contributed by atoms with Gasteiger partial charge in [-0.05, 0) is 23.3 Å². The van der Waals surface area contributed by atoms with Crippen LogP contribution in [0, 0.1) is 0 Å². The molecule has 0 unspecified atom stereocenters. The van der Waals surface area contributed by atoms with Gasteiger partial charge >= 0.3 is 5.97 Å².